The molecule has 0 N–H and O–H groups in total. The van der Waals surface area contributed by atoms with Crippen LogP contribution in [0.3, 0.4) is 0 Å². The molecule has 0 saturated carbocycles. The summed E-state index contributed by atoms with van der Waals surface area (Å²) >= 11 is 0. The van der Waals surface area contributed by atoms with Gasteiger partial charge in [0.05, 0.1) is 5.70 Å². The molecule has 2 heterocycles. The second kappa shape index (κ2) is 8.96. The Kier molecular flexibility index (Phi) is 6.20. The summed E-state index contributed by atoms with van der Waals surface area (Å²) in [6.07, 6.45) is -4.51. The average molecular weight is 473 g/mol. The Balaban J connectivity index is 1.81. The van der Waals surface area contributed by atoms with Crippen molar-refractivity contribution in [3.05, 3.63) is 89.5 Å². The van der Waals surface area contributed by atoms with Gasteiger partial charge in [-0.3, -0.25) is 9.80 Å². The molecule has 4 rings (SSSR count). The van der Waals surface area contributed by atoms with E-state index >= 15 is 0 Å². The molecule has 34 heavy (non-hydrogen) atoms. The van der Waals surface area contributed by atoms with E-state index < -0.39 is 12.5 Å². The van der Waals surface area contributed by atoms with Crippen molar-refractivity contribution in [2.24, 2.45) is 0 Å². The number of hydrogen-bond donors (Lipinski definition) is 0. The van der Waals surface area contributed by atoms with Gasteiger partial charge < -0.3 is 14.5 Å². The standard InChI is InChI=1S/C25H27F3N4O2/c1-5-14-31-17(2)21-23(30(4)24(31)33)29(3)22(32(21)16-18-10-7-6-8-11-18)19-12-9-13-20(15-19)34-25(26,27)28/h6-13,15,22H,2,5,14,16H2,1,3-4H3. The summed E-state index contributed by atoms with van der Waals surface area (Å²) < 4.78 is 42.8. The summed E-state index contributed by atoms with van der Waals surface area (Å²) in [5, 5.41) is 0. The summed E-state index contributed by atoms with van der Waals surface area (Å²) in [5.41, 5.74) is 2.97. The Hall–Kier alpha value is -3.62. The van der Waals surface area contributed by atoms with Crippen LogP contribution in [0.4, 0.5) is 18.0 Å². The topological polar surface area (TPSA) is 39.3 Å². The van der Waals surface area contributed by atoms with Gasteiger partial charge >= 0.3 is 12.4 Å². The molecule has 0 spiro atoms. The van der Waals surface area contributed by atoms with E-state index in [1.807, 2.05) is 49.2 Å². The molecule has 2 amide bonds. The first kappa shape index (κ1) is 23.5. The number of hydrogen-bond acceptors (Lipinski definition) is 4. The van der Waals surface area contributed by atoms with Gasteiger partial charge in [0.15, 0.2) is 0 Å². The molecule has 1 unspecified atom stereocenters. The zero-order chi connectivity index (χ0) is 24.6. The van der Waals surface area contributed by atoms with E-state index in [2.05, 4.69) is 16.2 Å². The van der Waals surface area contributed by atoms with E-state index in [-0.39, 0.29) is 11.8 Å². The third kappa shape index (κ3) is 4.30. The van der Waals surface area contributed by atoms with Gasteiger partial charge in [-0.05, 0) is 29.7 Å². The summed E-state index contributed by atoms with van der Waals surface area (Å²) in [6, 6.07) is 15.5. The van der Waals surface area contributed by atoms with Crippen molar-refractivity contribution in [2.75, 3.05) is 20.6 Å². The molecule has 6 nitrogen and oxygen atoms in total. The normalized spacial score (nSPS) is 18.7. The largest absolute Gasteiger partial charge is 0.573 e. The maximum atomic E-state index is 13.1. The molecule has 2 aliphatic heterocycles. The molecule has 9 heteroatoms. The van der Waals surface area contributed by atoms with Crippen LogP contribution in [0.5, 0.6) is 5.75 Å². The van der Waals surface area contributed by atoms with Gasteiger partial charge in [0.2, 0.25) is 0 Å². The third-order valence-corrected chi connectivity index (χ3v) is 5.96. The van der Waals surface area contributed by atoms with Crippen LogP contribution in [-0.4, -0.2) is 52.6 Å². The molecule has 1 atom stereocenters. The van der Waals surface area contributed by atoms with Crippen molar-refractivity contribution < 1.29 is 22.7 Å². The number of rotatable bonds is 6. The van der Waals surface area contributed by atoms with Crippen molar-refractivity contribution in [3.63, 3.8) is 0 Å². The molecule has 0 saturated heterocycles. The third-order valence-electron chi connectivity index (χ3n) is 5.96. The number of nitrogens with zero attached hydrogens (tertiary/aromatic N) is 4. The van der Waals surface area contributed by atoms with Gasteiger partial charge in [-0.25, -0.2) is 4.79 Å². The minimum atomic E-state index is -4.79. The number of carbonyl (C=O) groups is 1. The quantitative estimate of drug-likeness (QED) is 0.557. The Labute approximate surface area is 197 Å². The summed E-state index contributed by atoms with van der Waals surface area (Å²) in [6.45, 7) is 7.22. The molecule has 0 fully saturated rings. The second-order valence-electron chi connectivity index (χ2n) is 8.33. The number of alkyl halides is 3. The lowest BCUT2D eigenvalue weighted by Crippen LogP contribution is -2.47. The van der Waals surface area contributed by atoms with Gasteiger partial charge in [-0.2, -0.15) is 0 Å². The number of urea groups is 1. The maximum absolute atomic E-state index is 13.1. The van der Waals surface area contributed by atoms with Crippen LogP contribution in [0, 0.1) is 0 Å². The van der Waals surface area contributed by atoms with Crippen LogP contribution in [0.15, 0.2) is 78.4 Å². The lowest BCUT2D eigenvalue weighted by molar-refractivity contribution is -0.274. The monoisotopic (exact) mass is 472 g/mol. The Bertz CT molecular complexity index is 1120. The molecule has 2 aliphatic rings. The van der Waals surface area contributed by atoms with E-state index in [9.17, 15) is 18.0 Å². The number of amides is 2. The number of benzene rings is 2. The van der Waals surface area contributed by atoms with Crippen molar-refractivity contribution in [3.8, 4) is 5.75 Å². The number of ether oxygens (including phenoxy) is 1. The van der Waals surface area contributed by atoms with E-state index in [0.717, 1.165) is 17.7 Å². The number of halogens is 3. The maximum Gasteiger partial charge on any atom is 0.573 e. The van der Waals surface area contributed by atoms with Crippen LogP contribution in [0.25, 0.3) is 0 Å². The summed E-state index contributed by atoms with van der Waals surface area (Å²) in [7, 11) is 3.53. The zero-order valence-electron chi connectivity index (χ0n) is 19.3. The number of carbonyl (C=O) groups excluding carboxylic acids is 1. The highest BCUT2D eigenvalue weighted by atomic mass is 19.4. The highest BCUT2D eigenvalue weighted by molar-refractivity contribution is 5.81. The van der Waals surface area contributed by atoms with Crippen molar-refractivity contribution in [2.45, 2.75) is 32.4 Å². The van der Waals surface area contributed by atoms with Crippen LogP contribution in [0.2, 0.25) is 0 Å². The van der Waals surface area contributed by atoms with Crippen LogP contribution in [-0.2, 0) is 6.54 Å². The van der Waals surface area contributed by atoms with E-state index in [1.165, 1.54) is 18.2 Å². The first-order valence-corrected chi connectivity index (χ1v) is 11.0. The lowest BCUT2D eigenvalue weighted by Gasteiger charge is -2.37. The molecule has 0 aromatic heterocycles. The fourth-order valence-electron chi connectivity index (χ4n) is 4.62. The average Bonchev–Trinajstić information content (AvgIpc) is 3.07. The molecular weight excluding hydrogens is 445 g/mol. The summed E-state index contributed by atoms with van der Waals surface area (Å²) in [5.74, 6) is 0.365. The molecule has 0 radical (unpaired) electrons. The van der Waals surface area contributed by atoms with Gasteiger partial charge in [0.25, 0.3) is 0 Å². The second-order valence-corrected chi connectivity index (χ2v) is 8.33. The van der Waals surface area contributed by atoms with E-state index in [1.54, 1.807) is 22.9 Å². The van der Waals surface area contributed by atoms with Crippen molar-refractivity contribution in [1.29, 1.82) is 0 Å². The van der Waals surface area contributed by atoms with Gasteiger partial charge in [0, 0.05) is 27.2 Å². The van der Waals surface area contributed by atoms with Gasteiger partial charge in [-0.1, -0.05) is 56.0 Å². The first-order chi connectivity index (χ1) is 16.1. The SMILES string of the molecule is C=C1C2=C(N(C)C(=O)N1CCC)N(C)C(c1cccc(OC(F)(F)F)c1)N2Cc1ccccc1. The highest BCUT2D eigenvalue weighted by Gasteiger charge is 2.46. The minimum absolute atomic E-state index is 0.188. The molecular formula is C25H27F3N4O2. The smallest absolute Gasteiger partial charge is 0.406 e. The summed E-state index contributed by atoms with van der Waals surface area (Å²) in [4.78, 5) is 20.3. The van der Waals surface area contributed by atoms with Crippen LogP contribution >= 0.6 is 0 Å². The minimum Gasteiger partial charge on any atom is -0.406 e. The van der Waals surface area contributed by atoms with Gasteiger partial charge in [-0.15, -0.1) is 13.2 Å². The van der Waals surface area contributed by atoms with Crippen molar-refractivity contribution >= 4 is 6.03 Å². The van der Waals surface area contributed by atoms with E-state index in [4.69, 9.17) is 0 Å². The molecule has 0 bridgehead atoms. The Morgan fingerprint density at radius 3 is 2.41 bits per heavy atom. The first-order valence-electron chi connectivity index (χ1n) is 11.0. The Morgan fingerprint density at radius 1 is 1.06 bits per heavy atom. The highest BCUT2D eigenvalue weighted by Crippen LogP contribution is 2.46. The van der Waals surface area contributed by atoms with E-state index in [0.29, 0.717) is 30.2 Å². The zero-order valence-corrected chi connectivity index (χ0v) is 19.3. The lowest BCUT2D eigenvalue weighted by atomic mass is 10.1. The molecule has 2 aromatic rings. The van der Waals surface area contributed by atoms with Crippen molar-refractivity contribution in [1.82, 2.24) is 19.6 Å². The fourth-order valence-corrected chi connectivity index (χ4v) is 4.62. The van der Waals surface area contributed by atoms with Gasteiger partial charge in [0.1, 0.15) is 23.4 Å². The van der Waals surface area contributed by atoms with Crippen LogP contribution in [0.1, 0.15) is 30.6 Å². The van der Waals surface area contributed by atoms with Crippen LogP contribution < -0.4 is 4.74 Å². The Morgan fingerprint density at radius 2 is 1.76 bits per heavy atom. The molecule has 0 aliphatic carbocycles. The molecule has 180 valence electrons. The molecule has 2 aromatic carbocycles. The predicted octanol–water partition coefficient (Wildman–Crippen LogP) is 5.49. The predicted molar refractivity (Wildman–Crippen MR) is 122 cm³/mol. The fraction of sp³-hybridized carbons (Fsp3) is 0.320.